The van der Waals surface area contributed by atoms with E-state index in [1.807, 2.05) is 29.6 Å². The number of carboxylic acids is 1. The van der Waals surface area contributed by atoms with Crippen molar-refractivity contribution in [2.75, 3.05) is 18.4 Å². The summed E-state index contributed by atoms with van der Waals surface area (Å²) in [5.41, 5.74) is 0.820. The molecule has 1 aromatic heterocycles. The van der Waals surface area contributed by atoms with Crippen molar-refractivity contribution in [1.29, 1.82) is 0 Å². The summed E-state index contributed by atoms with van der Waals surface area (Å²) in [4.78, 5) is 24.9. The lowest BCUT2D eigenvalue weighted by Gasteiger charge is -2.30. The van der Waals surface area contributed by atoms with Crippen LogP contribution < -0.4 is 5.32 Å². The molecule has 0 spiro atoms. The lowest BCUT2D eigenvalue weighted by molar-refractivity contribution is -0.143. The van der Waals surface area contributed by atoms with Crippen molar-refractivity contribution < 1.29 is 14.7 Å². The normalized spacial score (nSPS) is 16.1. The van der Waals surface area contributed by atoms with E-state index >= 15 is 0 Å². The van der Waals surface area contributed by atoms with Crippen molar-refractivity contribution in [3.63, 3.8) is 0 Å². The summed E-state index contributed by atoms with van der Waals surface area (Å²) in [5.74, 6) is -1.09. The van der Waals surface area contributed by atoms with Gasteiger partial charge in [0.1, 0.15) is 0 Å². The molecule has 1 aromatic carbocycles. The van der Waals surface area contributed by atoms with Crippen LogP contribution in [0.5, 0.6) is 0 Å². The zero-order valence-corrected chi connectivity index (χ0v) is 12.2. The number of fused-ring (bicyclic) bond motifs is 1. The van der Waals surface area contributed by atoms with Gasteiger partial charge in [0.15, 0.2) is 0 Å². The van der Waals surface area contributed by atoms with E-state index in [1.54, 1.807) is 16.2 Å². The molecule has 0 atom stereocenters. The molecule has 6 heteroatoms. The Balaban J connectivity index is 1.66. The molecule has 1 fully saturated rings. The number of carbonyl (C=O) groups excluding carboxylic acids is 1. The summed E-state index contributed by atoms with van der Waals surface area (Å²) in [6.45, 7) is 0.982. The van der Waals surface area contributed by atoms with Crippen molar-refractivity contribution in [2.24, 2.45) is 5.92 Å². The summed E-state index contributed by atoms with van der Waals surface area (Å²) in [6.07, 6.45) is 1.04. The van der Waals surface area contributed by atoms with Gasteiger partial charge >= 0.3 is 12.0 Å². The van der Waals surface area contributed by atoms with Gasteiger partial charge in [-0.1, -0.05) is 18.2 Å². The van der Waals surface area contributed by atoms with Crippen molar-refractivity contribution in [2.45, 2.75) is 12.8 Å². The van der Waals surface area contributed by atoms with Gasteiger partial charge < -0.3 is 15.3 Å². The van der Waals surface area contributed by atoms with E-state index in [0.717, 1.165) is 15.8 Å². The van der Waals surface area contributed by atoms with E-state index in [4.69, 9.17) is 5.11 Å². The monoisotopic (exact) mass is 304 g/mol. The Kier molecular flexibility index (Phi) is 3.79. The number of anilines is 1. The highest BCUT2D eigenvalue weighted by atomic mass is 32.1. The largest absolute Gasteiger partial charge is 0.481 e. The molecule has 0 unspecified atom stereocenters. The Morgan fingerprint density at radius 2 is 1.95 bits per heavy atom. The maximum absolute atomic E-state index is 12.3. The van der Waals surface area contributed by atoms with Crippen LogP contribution in [0, 0.1) is 5.92 Å². The van der Waals surface area contributed by atoms with Crippen LogP contribution >= 0.6 is 11.3 Å². The predicted molar refractivity (Wildman–Crippen MR) is 82.8 cm³/mol. The summed E-state index contributed by atoms with van der Waals surface area (Å²) in [6, 6.07) is 7.78. The fraction of sp³-hybridized carbons (Fsp3) is 0.333. The van der Waals surface area contributed by atoms with Gasteiger partial charge in [0, 0.05) is 28.6 Å². The van der Waals surface area contributed by atoms with Gasteiger partial charge in [-0.05, 0) is 18.9 Å². The Hall–Kier alpha value is -2.08. The Morgan fingerprint density at radius 1 is 1.24 bits per heavy atom. The number of hydrogen-bond donors (Lipinski definition) is 2. The molecule has 5 nitrogen and oxygen atoms in total. The van der Waals surface area contributed by atoms with Crippen LogP contribution in [-0.4, -0.2) is 35.1 Å². The molecule has 21 heavy (non-hydrogen) atoms. The minimum atomic E-state index is -0.765. The lowest BCUT2D eigenvalue weighted by Crippen LogP contribution is -2.42. The van der Waals surface area contributed by atoms with Gasteiger partial charge in [0.2, 0.25) is 0 Å². The molecule has 3 rings (SSSR count). The zero-order valence-electron chi connectivity index (χ0n) is 11.4. The van der Waals surface area contributed by atoms with Crippen LogP contribution in [0.4, 0.5) is 10.5 Å². The van der Waals surface area contributed by atoms with Gasteiger partial charge in [0.25, 0.3) is 0 Å². The van der Waals surface area contributed by atoms with E-state index < -0.39 is 5.97 Å². The van der Waals surface area contributed by atoms with Crippen molar-refractivity contribution >= 4 is 39.1 Å². The molecule has 2 amide bonds. The number of urea groups is 1. The quantitative estimate of drug-likeness (QED) is 0.895. The first-order valence-corrected chi connectivity index (χ1v) is 7.78. The molecule has 110 valence electrons. The number of amides is 2. The smallest absolute Gasteiger partial charge is 0.321 e. The number of rotatable bonds is 2. The van der Waals surface area contributed by atoms with Crippen molar-refractivity contribution in [3.05, 3.63) is 29.6 Å². The van der Waals surface area contributed by atoms with E-state index in [9.17, 15) is 9.59 Å². The van der Waals surface area contributed by atoms with Crippen LogP contribution in [0.2, 0.25) is 0 Å². The fourth-order valence-electron chi connectivity index (χ4n) is 2.60. The highest BCUT2D eigenvalue weighted by Crippen LogP contribution is 2.30. The third-order valence-electron chi connectivity index (χ3n) is 3.85. The van der Waals surface area contributed by atoms with Gasteiger partial charge in [-0.25, -0.2) is 4.79 Å². The van der Waals surface area contributed by atoms with E-state index in [1.165, 1.54) is 0 Å². The topological polar surface area (TPSA) is 69.6 Å². The summed E-state index contributed by atoms with van der Waals surface area (Å²) >= 11 is 1.60. The molecule has 2 N–H and O–H groups in total. The molecular formula is C15H16N2O3S. The first kappa shape index (κ1) is 13.9. The molecule has 0 aliphatic carbocycles. The predicted octanol–water partition coefficient (Wildman–Crippen LogP) is 3.23. The SMILES string of the molecule is O=C(O)C1CCN(C(=O)Nc2csc3ccccc23)CC1. The number of nitrogens with zero attached hydrogens (tertiary/aromatic N) is 1. The van der Waals surface area contributed by atoms with Gasteiger partial charge in [0.05, 0.1) is 11.6 Å². The molecule has 2 heterocycles. The molecule has 0 saturated carbocycles. The van der Waals surface area contributed by atoms with Crippen LogP contribution in [0.25, 0.3) is 10.1 Å². The molecular weight excluding hydrogens is 288 g/mol. The first-order chi connectivity index (χ1) is 10.1. The van der Waals surface area contributed by atoms with E-state index in [0.29, 0.717) is 25.9 Å². The summed E-state index contributed by atoms with van der Waals surface area (Å²) in [7, 11) is 0. The number of nitrogens with one attached hydrogen (secondary N) is 1. The second kappa shape index (κ2) is 5.73. The summed E-state index contributed by atoms with van der Waals surface area (Å²) < 4.78 is 1.14. The molecule has 1 aliphatic rings. The fourth-order valence-corrected chi connectivity index (χ4v) is 3.49. The molecule has 0 radical (unpaired) electrons. The first-order valence-electron chi connectivity index (χ1n) is 6.90. The highest BCUT2D eigenvalue weighted by Gasteiger charge is 2.27. The van der Waals surface area contributed by atoms with Crippen LogP contribution in [0.1, 0.15) is 12.8 Å². The minimum Gasteiger partial charge on any atom is -0.481 e. The third-order valence-corrected chi connectivity index (χ3v) is 4.82. The number of piperidine rings is 1. The average molecular weight is 304 g/mol. The number of hydrogen-bond acceptors (Lipinski definition) is 3. The zero-order chi connectivity index (χ0) is 14.8. The Morgan fingerprint density at radius 3 is 2.67 bits per heavy atom. The van der Waals surface area contributed by atoms with Gasteiger partial charge in [-0.15, -0.1) is 11.3 Å². The third kappa shape index (κ3) is 2.85. The number of carboxylic acid groups (broad SMARTS) is 1. The van der Waals surface area contributed by atoms with Crippen molar-refractivity contribution in [1.82, 2.24) is 4.90 Å². The highest BCUT2D eigenvalue weighted by molar-refractivity contribution is 7.17. The Labute approximate surface area is 126 Å². The lowest BCUT2D eigenvalue weighted by atomic mass is 9.97. The molecule has 0 bridgehead atoms. The van der Waals surface area contributed by atoms with Gasteiger partial charge in [-0.3, -0.25) is 4.79 Å². The second-order valence-electron chi connectivity index (χ2n) is 5.18. The van der Waals surface area contributed by atoms with E-state index in [2.05, 4.69) is 5.32 Å². The number of thiophene rings is 1. The second-order valence-corrected chi connectivity index (χ2v) is 6.09. The molecule has 1 saturated heterocycles. The van der Waals surface area contributed by atoms with Crippen LogP contribution in [0.15, 0.2) is 29.6 Å². The molecule has 1 aliphatic heterocycles. The number of carbonyl (C=O) groups is 2. The Bertz CT molecular complexity index is 674. The van der Waals surface area contributed by atoms with Crippen LogP contribution in [0.3, 0.4) is 0 Å². The maximum atomic E-state index is 12.3. The number of likely N-dealkylation sites (tertiary alicyclic amines) is 1. The van der Waals surface area contributed by atoms with Crippen molar-refractivity contribution in [3.8, 4) is 0 Å². The van der Waals surface area contributed by atoms with Gasteiger partial charge in [-0.2, -0.15) is 0 Å². The standard InChI is InChI=1S/C15H16N2O3S/c18-14(19)10-5-7-17(8-6-10)15(20)16-12-9-21-13-4-2-1-3-11(12)13/h1-4,9-10H,5-8H2,(H,16,20)(H,18,19). The summed E-state index contributed by atoms with van der Waals surface area (Å²) in [5, 5.41) is 14.9. The van der Waals surface area contributed by atoms with Crippen LogP contribution in [-0.2, 0) is 4.79 Å². The molecule has 2 aromatic rings. The number of benzene rings is 1. The minimum absolute atomic E-state index is 0.151. The maximum Gasteiger partial charge on any atom is 0.321 e. The average Bonchev–Trinajstić information content (AvgIpc) is 2.91. The van der Waals surface area contributed by atoms with E-state index in [-0.39, 0.29) is 11.9 Å². The number of aliphatic carboxylic acids is 1.